The largest absolute Gasteiger partial charge is 0.285 e. The van der Waals surface area contributed by atoms with Gasteiger partial charge >= 0.3 is 0 Å². The van der Waals surface area contributed by atoms with Gasteiger partial charge in [-0.3, -0.25) is 4.99 Å². The molecule has 1 aromatic carbocycles. The van der Waals surface area contributed by atoms with Crippen LogP contribution in [0, 0.1) is 11.2 Å². The van der Waals surface area contributed by atoms with Crippen molar-refractivity contribution >= 4 is 21.6 Å². The monoisotopic (exact) mass is 385 g/mol. The number of benzene rings is 1. The molecule has 0 saturated carbocycles. The number of aliphatic imine (C=N–C) groups is 1. The molecule has 0 spiro atoms. The van der Waals surface area contributed by atoms with Crippen LogP contribution in [-0.2, 0) is 0 Å². The van der Waals surface area contributed by atoms with E-state index in [1.165, 1.54) is 19.1 Å². The van der Waals surface area contributed by atoms with E-state index in [1.54, 1.807) is 25.1 Å². The first-order valence-electron chi connectivity index (χ1n) is 7.77. The zero-order valence-corrected chi connectivity index (χ0v) is 14.7. The molecule has 0 aromatic heterocycles. The Morgan fingerprint density at radius 2 is 2.04 bits per heavy atom. The molecule has 0 saturated heterocycles. The molecule has 3 rings (SSSR count). The first-order chi connectivity index (χ1) is 10.8. The number of hydrogen-bond acceptors (Lipinski definition) is 1. The van der Waals surface area contributed by atoms with Crippen molar-refractivity contribution in [2.75, 3.05) is 0 Å². The predicted octanol–water partition coefficient (Wildman–Crippen LogP) is 5.90. The van der Waals surface area contributed by atoms with Crippen LogP contribution in [0.5, 0.6) is 0 Å². The van der Waals surface area contributed by atoms with E-state index in [0.29, 0.717) is 28.6 Å². The van der Waals surface area contributed by atoms with Crippen molar-refractivity contribution in [3.63, 3.8) is 0 Å². The summed E-state index contributed by atoms with van der Waals surface area (Å²) in [5.74, 6) is -0.345. The lowest BCUT2D eigenvalue weighted by Gasteiger charge is -2.44. The molecule has 1 aromatic rings. The van der Waals surface area contributed by atoms with Crippen LogP contribution in [0.4, 0.5) is 13.2 Å². The second kappa shape index (κ2) is 5.76. The minimum atomic E-state index is -1.70. The van der Waals surface area contributed by atoms with Crippen LogP contribution in [0.15, 0.2) is 39.8 Å². The normalized spacial score (nSPS) is 37.0. The Morgan fingerprint density at radius 1 is 1.30 bits per heavy atom. The Morgan fingerprint density at radius 3 is 2.70 bits per heavy atom. The summed E-state index contributed by atoms with van der Waals surface area (Å²) in [5, 5.41) is 0. The predicted molar refractivity (Wildman–Crippen MR) is 89.8 cm³/mol. The Kier molecular flexibility index (Phi) is 4.20. The Hall–Kier alpha value is -1.10. The molecule has 4 atom stereocenters. The highest BCUT2D eigenvalue weighted by atomic mass is 79.9. The van der Waals surface area contributed by atoms with Crippen LogP contribution in [0.1, 0.15) is 44.7 Å². The maximum atomic E-state index is 15.0. The van der Waals surface area contributed by atoms with Gasteiger partial charge in [-0.1, -0.05) is 34.1 Å². The number of nitrogens with zero attached hydrogens (tertiary/aromatic N) is 1. The van der Waals surface area contributed by atoms with Crippen LogP contribution in [0.25, 0.3) is 0 Å². The fourth-order valence-corrected chi connectivity index (χ4v) is 3.88. The van der Waals surface area contributed by atoms with E-state index in [9.17, 15) is 8.78 Å². The number of allylic oxidation sites excluding steroid dienone is 2. The molecule has 0 N–H and O–H groups in total. The van der Waals surface area contributed by atoms with Crippen molar-refractivity contribution in [1.29, 1.82) is 0 Å². The van der Waals surface area contributed by atoms with Crippen LogP contribution < -0.4 is 0 Å². The van der Waals surface area contributed by atoms with E-state index >= 15 is 4.39 Å². The maximum Gasteiger partial charge on any atom is 0.132 e. The minimum absolute atomic E-state index is 0.167. The Bertz CT molecular complexity index is 683. The smallest absolute Gasteiger partial charge is 0.132 e. The third kappa shape index (κ3) is 2.67. The van der Waals surface area contributed by atoms with Crippen LogP contribution in [-0.4, -0.2) is 17.6 Å². The molecule has 0 amide bonds. The summed E-state index contributed by atoms with van der Waals surface area (Å²) in [5.41, 5.74) is -1.99. The molecule has 1 aliphatic heterocycles. The highest BCUT2D eigenvalue weighted by molar-refractivity contribution is 9.10. The van der Waals surface area contributed by atoms with E-state index < -0.39 is 17.3 Å². The second-order valence-electron chi connectivity index (χ2n) is 6.73. The van der Waals surface area contributed by atoms with Crippen molar-refractivity contribution in [3.8, 4) is 0 Å². The van der Waals surface area contributed by atoms with Gasteiger partial charge in [-0.2, -0.15) is 0 Å². The van der Waals surface area contributed by atoms with Gasteiger partial charge in [-0.25, -0.2) is 13.2 Å². The lowest BCUT2D eigenvalue weighted by atomic mass is 9.64. The van der Waals surface area contributed by atoms with Crippen molar-refractivity contribution in [1.82, 2.24) is 0 Å². The third-order valence-corrected chi connectivity index (χ3v) is 5.82. The molecule has 4 unspecified atom stereocenters. The van der Waals surface area contributed by atoms with E-state index in [2.05, 4.69) is 20.9 Å². The topological polar surface area (TPSA) is 12.4 Å². The van der Waals surface area contributed by atoms with Crippen LogP contribution in [0.3, 0.4) is 0 Å². The molecule has 1 nitrogen and oxygen atoms in total. The molecule has 1 aliphatic carbocycles. The summed E-state index contributed by atoms with van der Waals surface area (Å²) in [6, 6.07) is 4.46. The van der Waals surface area contributed by atoms with Crippen LogP contribution in [0.2, 0.25) is 0 Å². The molecule has 5 heteroatoms. The van der Waals surface area contributed by atoms with Gasteiger partial charge in [-0.05, 0) is 38.8 Å². The second-order valence-corrected chi connectivity index (χ2v) is 7.65. The van der Waals surface area contributed by atoms with Gasteiger partial charge in [0.15, 0.2) is 0 Å². The van der Waals surface area contributed by atoms with E-state index in [-0.39, 0.29) is 18.3 Å². The highest BCUT2D eigenvalue weighted by Crippen LogP contribution is 2.50. The molecular weight excluding hydrogens is 367 g/mol. The van der Waals surface area contributed by atoms with Gasteiger partial charge in [0.1, 0.15) is 17.7 Å². The van der Waals surface area contributed by atoms with Gasteiger partial charge < -0.3 is 0 Å². The van der Waals surface area contributed by atoms with Crippen LogP contribution >= 0.6 is 15.9 Å². The lowest BCUT2D eigenvalue weighted by Crippen LogP contribution is -2.53. The highest BCUT2D eigenvalue weighted by Gasteiger charge is 2.55. The van der Waals surface area contributed by atoms with E-state index in [0.717, 1.165) is 0 Å². The number of alkyl halides is 2. The first kappa shape index (κ1) is 16.7. The molecule has 0 fully saturated rings. The minimum Gasteiger partial charge on any atom is -0.285 e. The average Bonchev–Trinajstić information content (AvgIpc) is 2.94. The SMILES string of the molecule is CC1(F)CC=CC(F)C1(C)C1=NC(c2ccc(Br)cc2F)CC1. The van der Waals surface area contributed by atoms with Gasteiger partial charge in [0, 0.05) is 22.2 Å². The van der Waals surface area contributed by atoms with Crippen molar-refractivity contribution in [2.45, 2.75) is 51.0 Å². The molecule has 0 bridgehead atoms. The quantitative estimate of drug-likeness (QED) is 0.562. The summed E-state index contributed by atoms with van der Waals surface area (Å²) in [4.78, 5) is 4.54. The van der Waals surface area contributed by atoms with Gasteiger partial charge in [0.25, 0.3) is 0 Å². The van der Waals surface area contributed by atoms with Crippen molar-refractivity contribution < 1.29 is 13.2 Å². The van der Waals surface area contributed by atoms with Crippen molar-refractivity contribution in [2.24, 2.45) is 10.4 Å². The molecule has 23 heavy (non-hydrogen) atoms. The fraction of sp³-hybridized carbons (Fsp3) is 0.500. The Labute approximate surface area is 142 Å². The van der Waals surface area contributed by atoms with Gasteiger partial charge in [0.2, 0.25) is 0 Å². The summed E-state index contributed by atoms with van der Waals surface area (Å²) >= 11 is 3.23. The number of hydrogen-bond donors (Lipinski definition) is 0. The molecule has 2 aliphatic rings. The molecule has 1 heterocycles. The summed E-state index contributed by atoms with van der Waals surface area (Å²) in [6.45, 7) is 3.03. The molecule has 124 valence electrons. The third-order valence-electron chi connectivity index (χ3n) is 5.33. The zero-order valence-electron chi connectivity index (χ0n) is 13.1. The molecular formula is C18H19BrF3N. The first-order valence-corrected chi connectivity index (χ1v) is 8.57. The summed E-state index contributed by atoms with van der Waals surface area (Å²) < 4.78 is 44.4. The standard InChI is InChI=1S/C18H19BrF3N/c1-17(22)9-3-4-15(21)18(17,2)16-8-7-14(23-16)12-6-5-11(19)10-13(12)20/h3-6,10,14-15H,7-9H2,1-2H3. The maximum absolute atomic E-state index is 15.0. The number of rotatable bonds is 2. The fourth-order valence-electron chi connectivity index (χ4n) is 3.54. The zero-order chi connectivity index (χ0) is 16.8. The summed E-state index contributed by atoms with van der Waals surface area (Å²) in [7, 11) is 0. The summed E-state index contributed by atoms with van der Waals surface area (Å²) in [6.07, 6.45) is 2.78. The lowest BCUT2D eigenvalue weighted by molar-refractivity contribution is 0.0200. The molecule has 0 radical (unpaired) electrons. The average molecular weight is 386 g/mol. The van der Waals surface area contributed by atoms with Gasteiger partial charge in [-0.15, -0.1) is 0 Å². The van der Waals surface area contributed by atoms with E-state index in [4.69, 9.17) is 0 Å². The van der Waals surface area contributed by atoms with E-state index in [1.807, 2.05) is 0 Å². The van der Waals surface area contributed by atoms with Crippen molar-refractivity contribution in [3.05, 3.63) is 46.2 Å². The Balaban J connectivity index is 1.97. The van der Waals surface area contributed by atoms with Gasteiger partial charge in [0.05, 0.1) is 11.5 Å². The number of halogens is 4.